The Hall–Kier alpha value is -3.12. The van der Waals surface area contributed by atoms with E-state index in [-0.39, 0.29) is 18.0 Å². The third kappa shape index (κ3) is 3.48. The lowest BCUT2D eigenvalue weighted by Crippen LogP contribution is -2.43. The third-order valence-corrected chi connectivity index (χ3v) is 6.46. The van der Waals surface area contributed by atoms with Crippen LogP contribution >= 0.6 is 0 Å². The molecule has 0 unspecified atom stereocenters. The van der Waals surface area contributed by atoms with Gasteiger partial charge in [0.25, 0.3) is 0 Å². The molecule has 2 atom stereocenters. The Kier molecular flexibility index (Phi) is 5.01. The smallest absolute Gasteiger partial charge is 0.321 e. The van der Waals surface area contributed by atoms with E-state index in [4.69, 9.17) is 0 Å². The van der Waals surface area contributed by atoms with Gasteiger partial charge in [-0.2, -0.15) is 0 Å². The number of aliphatic hydroxyl groups excluding tert-OH is 1. The lowest BCUT2D eigenvalue weighted by molar-refractivity contribution is 0.0552. The number of hydrogen-bond donors (Lipinski definition) is 2. The SMILES string of the molecule is O=C(Nc1ccccc1)N1CCC([C@@H](O)C[C@H]2c3ccccc3-c3cncn32)CC1. The van der Waals surface area contributed by atoms with E-state index in [1.807, 2.05) is 53.8 Å². The predicted octanol–water partition coefficient (Wildman–Crippen LogP) is 4.15. The van der Waals surface area contributed by atoms with Gasteiger partial charge in [0.05, 0.1) is 30.4 Å². The van der Waals surface area contributed by atoms with Crippen molar-refractivity contribution >= 4 is 11.7 Å². The summed E-state index contributed by atoms with van der Waals surface area (Å²) in [4.78, 5) is 18.7. The molecule has 3 aromatic rings. The van der Waals surface area contributed by atoms with Crippen LogP contribution in [-0.4, -0.2) is 44.8 Å². The first kappa shape index (κ1) is 18.9. The fraction of sp³-hybridized carbons (Fsp3) is 0.333. The fourth-order valence-electron chi connectivity index (χ4n) is 4.81. The van der Waals surface area contributed by atoms with Crippen molar-refractivity contribution < 1.29 is 9.90 Å². The molecule has 0 radical (unpaired) electrons. The highest BCUT2D eigenvalue weighted by Gasteiger charge is 2.33. The molecule has 5 rings (SSSR count). The number of piperidine rings is 1. The fourth-order valence-corrected chi connectivity index (χ4v) is 4.81. The third-order valence-electron chi connectivity index (χ3n) is 6.46. The summed E-state index contributed by atoms with van der Waals surface area (Å²) in [6.45, 7) is 1.33. The number of aliphatic hydroxyl groups is 1. The summed E-state index contributed by atoms with van der Waals surface area (Å²) in [5.41, 5.74) is 4.39. The van der Waals surface area contributed by atoms with Crippen LogP contribution in [0.5, 0.6) is 0 Å². The van der Waals surface area contributed by atoms with Crippen molar-refractivity contribution in [3.63, 3.8) is 0 Å². The molecule has 1 fully saturated rings. The van der Waals surface area contributed by atoms with Crippen LogP contribution in [0.2, 0.25) is 0 Å². The molecule has 0 spiro atoms. The molecule has 2 N–H and O–H groups in total. The van der Waals surface area contributed by atoms with E-state index in [1.54, 1.807) is 0 Å². The maximum atomic E-state index is 12.5. The van der Waals surface area contributed by atoms with Crippen LogP contribution in [0.1, 0.15) is 30.9 Å². The Morgan fingerprint density at radius 2 is 1.83 bits per heavy atom. The van der Waals surface area contributed by atoms with Crippen LogP contribution in [0.4, 0.5) is 10.5 Å². The number of imidazole rings is 1. The number of likely N-dealkylation sites (tertiary alicyclic amines) is 1. The van der Waals surface area contributed by atoms with Crippen molar-refractivity contribution in [2.24, 2.45) is 5.92 Å². The highest BCUT2D eigenvalue weighted by atomic mass is 16.3. The Labute approximate surface area is 176 Å². The second kappa shape index (κ2) is 7.95. The molecule has 154 valence electrons. The molecule has 3 heterocycles. The van der Waals surface area contributed by atoms with Crippen LogP contribution in [-0.2, 0) is 0 Å². The molecule has 1 saturated heterocycles. The first-order valence-electron chi connectivity index (χ1n) is 10.6. The number of amides is 2. The van der Waals surface area contributed by atoms with E-state index < -0.39 is 6.10 Å². The molecule has 2 amide bonds. The van der Waals surface area contributed by atoms with E-state index in [9.17, 15) is 9.90 Å². The second-order valence-electron chi connectivity index (χ2n) is 8.21. The standard InChI is InChI=1S/C24H26N4O2/c29-23(14-21-19-8-4-5-9-20(19)22-15-25-16-28(21)22)17-10-12-27(13-11-17)24(30)26-18-6-2-1-3-7-18/h1-9,15-17,21,23,29H,10-14H2,(H,26,30)/t21-,23-/m0/s1. The molecule has 1 aromatic heterocycles. The molecular weight excluding hydrogens is 376 g/mol. The molecule has 0 saturated carbocycles. The minimum absolute atomic E-state index is 0.0677. The molecule has 30 heavy (non-hydrogen) atoms. The number of fused-ring (bicyclic) bond motifs is 3. The quantitative estimate of drug-likeness (QED) is 0.689. The summed E-state index contributed by atoms with van der Waals surface area (Å²) in [6.07, 6.45) is 5.65. The maximum absolute atomic E-state index is 12.5. The number of rotatable bonds is 4. The second-order valence-corrected chi connectivity index (χ2v) is 8.21. The van der Waals surface area contributed by atoms with Crippen LogP contribution in [0, 0.1) is 5.92 Å². The first-order valence-corrected chi connectivity index (χ1v) is 10.6. The van der Waals surface area contributed by atoms with Crippen molar-refractivity contribution in [1.82, 2.24) is 14.5 Å². The van der Waals surface area contributed by atoms with Gasteiger partial charge in [-0.15, -0.1) is 0 Å². The number of nitrogens with one attached hydrogen (secondary N) is 1. The predicted molar refractivity (Wildman–Crippen MR) is 116 cm³/mol. The molecular formula is C24H26N4O2. The molecule has 6 nitrogen and oxygen atoms in total. The van der Waals surface area contributed by atoms with Crippen molar-refractivity contribution in [2.45, 2.75) is 31.4 Å². The summed E-state index contributed by atoms with van der Waals surface area (Å²) < 4.78 is 2.18. The van der Waals surface area contributed by atoms with Crippen LogP contribution in [0.25, 0.3) is 11.3 Å². The van der Waals surface area contributed by atoms with E-state index in [0.29, 0.717) is 19.5 Å². The summed E-state index contributed by atoms with van der Waals surface area (Å²) >= 11 is 0. The minimum atomic E-state index is -0.407. The van der Waals surface area contributed by atoms with E-state index in [1.165, 1.54) is 11.1 Å². The van der Waals surface area contributed by atoms with E-state index in [0.717, 1.165) is 24.2 Å². The minimum Gasteiger partial charge on any atom is -0.393 e. The number of aromatic nitrogens is 2. The Morgan fingerprint density at radius 3 is 2.63 bits per heavy atom. The van der Waals surface area contributed by atoms with Gasteiger partial charge in [-0.1, -0.05) is 42.5 Å². The zero-order valence-corrected chi connectivity index (χ0v) is 16.8. The lowest BCUT2D eigenvalue weighted by Gasteiger charge is -2.35. The number of anilines is 1. The van der Waals surface area contributed by atoms with Gasteiger partial charge in [0.1, 0.15) is 0 Å². The van der Waals surface area contributed by atoms with Gasteiger partial charge in [-0.3, -0.25) is 0 Å². The monoisotopic (exact) mass is 402 g/mol. The summed E-state index contributed by atoms with van der Waals surface area (Å²) in [7, 11) is 0. The van der Waals surface area contributed by atoms with Crippen LogP contribution < -0.4 is 5.32 Å². The van der Waals surface area contributed by atoms with Crippen molar-refractivity contribution in [3.8, 4) is 11.3 Å². The van der Waals surface area contributed by atoms with Gasteiger partial charge in [-0.25, -0.2) is 9.78 Å². The van der Waals surface area contributed by atoms with Crippen molar-refractivity contribution in [3.05, 3.63) is 72.7 Å². The Bertz CT molecular complexity index is 1020. The number of carbonyl (C=O) groups is 1. The Morgan fingerprint density at radius 1 is 1.10 bits per heavy atom. The van der Waals surface area contributed by atoms with Crippen molar-refractivity contribution in [2.75, 3.05) is 18.4 Å². The summed E-state index contributed by atoms with van der Waals surface area (Å²) in [6, 6.07) is 17.9. The number of urea groups is 1. The van der Waals surface area contributed by atoms with Crippen LogP contribution in [0.15, 0.2) is 67.1 Å². The maximum Gasteiger partial charge on any atom is 0.321 e. The molecule has 0 bridgehead atoms. The van der Waals surface area contributed by atoms with Crippen molar-refractivity contribution in [1.29, 1.82) is 0 Å². The van der Waals surface area contributed by atoms with Crippen LogP contribution in [0.3, 0.4) is 0 Å². The number of hydrogen-bond acceptors (Lipinski definition) is 3. The summed E-state index contributed by atoms with van der Waals surface area (Å²) in [5.74, 6) is 0.200. The van der Waals surface area contributed by atoms with E-state index >= 15 is 0 Å². The van der Waals surface area contributed by atoms with Gasteiger partial charge in [0, 0.05) is 24.3 Å². The number of carbonyl (C=O) groups excluding carboxylic acids is 1. The first-order chi connectivity index (χ1) is 14.7. The number of para-hydroxylation sites is 1. The normalized spacial score (nSPS) is 19.2. The van der Waals surface area contributed by atoms with Gasteiger partial charge in [-0.05, 0) is 42.9 Å². The molecule has 2 aliphatic rings. The molecule has 0 aliphatic carbocycles. The highest BCUT2D eigenvalue weighted by molar-refractivity contribution is 5.89. The van der Waals surface area contributed by atoms with Gasteiger partial charge in [0.15, 0.2) is 0 Å². The Balaban J connectivity index is 1.20. The number of benzene rings is 2. The zero-order valence-electron chi connectivity index (χ0n) is 16.8. The van der Waals surface area contributed by atoms with Gasteiger partial charge < -0.3 is 19.9 Å². The summed E-state index contributed by atoms with van der Waals surface area (Å²) in [5, 5.41) is 14.0. The van der Waals surface area contributed by atoms with Gasteiger partial charge in [0.2, 0.25) is 0 Å². The topological polar surface area (TPSA) is 70.4 Å². The largest absolute Gasteiger partial charge is 0.393 e. The lowest BCUT2D eigenvalue weighted by atomic mass is 9.86. The average Bonchev–Trinajstić information content (AvgIpc) is 3.37. The zero-order chi connectivity index (χ0) is 20.5. The average molecular weight is 402 g/mol. The molecule has 2 aromatic carbocycles. The molecule has 2 aliphatic heterocycles. The van der Waals surface area contributed by atoms with Gasteiger partial charge >= 0.3 is 6.03 Å². The number of nitrogens with zero attached hydrogens (tertiary/aromatic N) is 3. The van der Waals surface area contributed by atoms with E-state index in [2.05, 4.69) is 33.1 Å². The highest BCUT2D eigenvalue weighted by Crippen LogP contribution is 2.42. The molecule has 6 heteroatoms.